The summed E-state index contributed by atoms with van der Waals surface area (Å²) in [6.07, 6.45) is 4.53. The number of amides is 2. The molecule has 2 amide bonds. The highest BCUT2D eigenvalue weighted by molar-refractivity contribution is 6.12. The van der Waals surface area contributed by atoms with Gasteiger partial charge in [0.2, 0.25) is 5.91 Å². The fourth-order valence-corrected chi connectivity index (χ4v) is 3.79. The van der Waals surface area contributed by atoms with Gasteiger partial charge in [-0.1, -0.05) is 42.5 Å². The summed E-state index contributed by atoms with van der Waals surface area (Å²) in [5.74, 6) is -1.27. The quantitative estimate of drug-likeness (QED) is 0.379. The van der Waals surface area contributed by atoms with E-state index in [0.29, 0.717) is 28.0 Å². The normalized spacial score (nSPS) is 11.0. The number of nitrogens with zero attached hydrogens (tertiary/aromatic N) is 5. The van der Waals surface area contributed by atoms with Crippen LogP contribution in [-0.4, -0.2) is 36.4 Å². The second-order valence-electron chi connectivity index (χ2n) is 7.94. The molecular weight excluding hydrogens is 449 g/mol. The van der Waals surface area contributed by atoms with Gasteiger partial charge in [0.15, 0.2) is 5.65 Å². The molecule has 35 heavy (non-hydrogen) atoms. The van der Waals surface area contributed by atoms with Crippen LogP contribution in [0.15, 0.2) is 79.3 Å². The molecule has 2 aromatic carbocycles. The summed E-state index contributed by atoms with van der Waals surface area (Å²) in [5, 5.41) is 11.8. The molecule has 0 fully saturated rings. The molecule has 3 heterocycles. The number of hydrogen-bond donors (Lipinski definition) is 2. The number of hydrogen-bond acceptors (Lipinski definition) is 5. The number of primary amides is 1. The Bertz CT molecular complexity index is 1540. The first-order valence-electron chi connectivity index (χ1n) is 10.7. The van der Waals surface area contributed by atoms with E-state index in [1.807, 2.05) is 30.3 Å². The lowest BCUT2D eigenvalue weighted by molar-refractivity contribution is -0.118. The summed E-state index contributed by atoms with van der Waals surface area (Å²) in [5.41, 5.74) is 8.61. The maximum Gasteiger partial charge on any atom is 0.256 e. The van der Waals surface area contributed by atoms with Crippen LogP contribution in [-0.2, 0) is 17.9 Å². The lowest BCUT2D eigenvalue weighted by Crippen LogP contribution is -2.18. The van der Waals surface area contributed by atoms with Gasteiger partial charge in [0, 0.05) is 11.8 Å². The van der Waals surface area contributed by atoms with E-state index < -0.39 is 11.8 Å². The predicted octanol–water partition coefficient (Wildman–Crippen LogP) is 3.22. The third kappa shape index (κ3) is 4.76. The minimum absolute atomic E-state index is 0.0968. The van der Waals surface area contributed by atoms with Crippen LogP contribution in [0.1, 0.15) is 15.9 Å². The van der Waals surface area contributed by atoms with E-state index in [4.69, 9.17) is 10.7 Å². The van der Waals surface area contributed by atoms with Gasteiger partial charge in [-0.3, -0.25) is 14.3 Å². The molecule has 0 aliphatic rings. The molecular formula is C25H20FN7O2. The highest BCUT2D eigenvalue weighted by atomic mass is 19.1. The SMILES string of the molecule is NC(=O)Cn1cc(NC(=O)c2cc(-c3ccccc3)nc3c2cnn3Cc2cccc(F)c2)cn1. The summed E-state index contributed by atoms with van der Waals surface area (Å²) in [7, 11) is 0. The van der Waals surface area contributed by atoms with Gasteiger partial charge in [-0.25, -0.2) is 14.1 Å². The third-order valence-electron chi connectivity index (χ3n) is 5.35. The van der Waals surface area contributed by atoms with Crippen molar-refractivity contribution < 1.29 is 14.0 Å². The number of rotatable bonds is 7. The minimum atomic E-state index is -0.542. The van der Waals surface area contributed by atoms with Gasteiger partial charge in [0.1, 0.15) is 12.4 Å². The molecule has 0 saturated heterocycles. The van der Waals surface area contributed by atoms with Crippen molar-refractivity contribution in [2.24, 2.45) is 5.73 Å². The number of carbonyl (C=O) groups excluding carboxylic acids is 2. The number of halogens is 1. The summed E-state index contributed by atoms with van der Waals surface area (Å²) < 4.78 is 16.7. The smallest absolute Gasteiger partial charge is 0.256 e. The highest BCUT2D eigenvalue weighted by Crippen LogP contribution is 2.26. The van der Waals surface area contributed by atoms with Crippen molar-refractivity contribution >= 4 is 28.5 Å². The van der Waals surface area contributed by atoms with Crippen LogP contribution < -0.4 is 11.1 Å². The molecule has 0 aliphatic carbocycles. The second-order valence-corrected chi connectivity index (χ2v) is 7.94. The molecule has 0 radical (unpaired) electrons. The standard InChI is InChI=1S/C25H20FN7O2/c26-18-8-4-5-16(9-18)13-33-24-21(12-29-33)20(10-22(31-24)17-6-2-1-3-7-17)25(35)30-19-11-28-32(14-19)15-23(27)34/h1-12,14H,13,15H2,(H2,27,34)(H,30,35). The fraction of sp³-hybridized carbons (Fsp3) is 0.0800. The molecule has 3 N–H and O–H groups in total. The molecule has 174 valence electrons. The van der Waals surface area contributed by atoms with Crippen molar-refractivity contribution in [3.05, 3.63) is 96.2 Å². The number of aromatic nitrogens is 5. The molecule has 0 bridgehead atoms. The lowest BCUT2D eigenvalue weighted by atomic mass is 10.1. The maximum absolute atomic E-state index is 13.7. The van der Waals surface area contributed by atoms with Crippen LogP contribution in [0.25, 0.3) is 22.3 Å². The Hall–Kier alpha value is -4.86. The van der Waals surface area contributed by atoms with E-state index in [-0.39, 0.29) is 18.9 Å². The Labute approximate surface area is 199 Å². The summed E-state index contributed by atoms with van der Waals surface area (Å²) >= 11 is 0. The van der Waals surface area contributed by atoms with Gasteiger partial charge in [-0.2, -0.15) is 10.2 Å². The van der Waals surface area contributed by atoms with Crippen LogP contribution in [0, 0.1) is 5.82 Å². The largest absolute Gasteiger partial charge is 0.368 e. The van der Waals surface area contributed by atoms with Gasteiger partial charge in [0.25, 0.3) is 5.91 Å². The van der Waals surface area contributed by atoms with Crippen LogP contribution in [0.3, 0.4) is 0 Å². The second kappa shape index (κ2) is 9.18. The summed E-state index contributed by atoms with van der Waals surface area (Å²) in [4.78, 5) is 29.2. The van der Waals surface area contributed by atoms with Gasteiger partial charge < -0.3 is 11.1 Å². The highest BCUT2D eigenvalue weighted by Gasteiger charge is 2.19. The number of nitrogens with two attached hydrogens (primary N) is 1. The monoisotopic (exact) mass is 469 g/mol. The van der Waals surface area contributed by atoms with Gasteiger partial charge in [-0.15, -0.1) is 0 Å². The maximum atomic E-state index is 13.7. The number of benzene rings is 2. The van der Waals surface area contributed by atoms with Crippen molar-refractivity contribution in [1.82, 2.24) is 24.5 Å². The number of pyridine rings is 1. The average molecular weight is 469 g/mol. The number of carbonyl (C=O) groups is 2. The zero-order chi connectivity index (χ0) is 24.4. The summed E-state index contributed by atoms with van der Waals surface area (Å²) in [6, 6.07) is 17.4. The Morgan fingerprint density at radius 2 is 1.83 bits per heavy atom. The van der Waals surface area contributed by atoms with E-state index in [0.717, 1.165) is 11.1 Å². The molecule has 0 unspecified atom stereocenters. The minimum Gasteiger partial charge on any atom is -0.368 e. The van der Waals surface area contributed by atoms with Gasteiger partial charge in [-0.05, 0) is 23.8 Å². The Morgan fingerprint density at radius 1 is 1.00 bits per heavy atom. The number of nitrogens with one attached hydrogen (secondary N) is 1. The molecule has 3 aromatic heterocycles. The Morgan fingerprint density at radius 3 is 2.60 bits per heavy atom. The van der Waals surface area contributed by atoms with Crippen LogP contribution >= 0.6 is 0 Å². The molecule has 5 rings (SSSR count). The third-order valence-corrected chi connectivity index (χ3v) is 5.35. The molecule has 0 aliphatic heterocycles. The molecule has 9 nitrogen and oxygen atoms in total. The molecule has 0 saturated carbocycles. The fourth-order valence-electron chi connectivity index (χ4n) is 3.79. The number of fused-ring (bicyclic) bond motifs is 1. The first kappa shape index (κ1) is 22.0. The topological polar surface area (TPSA) is 121 Å². The van der Waals surface area contributed by atoms with Crippen molar-refractivity contribution in [2.75, 3.05) is 5.32 Å². The van der Waals surface area contributed by atoms with Gasteiger partial charge >= 0.3 is 0 Å². The molecule has 0 spiro atoms. The first-order chi connectivity index (χ1) is 17.0. The Kier molecular flexibility index (Phi) is 5.76. The summed E-state index contributed by atoms with van der Waals surface area (Å²) in [6.45, 7) is 0.188. The van der Waals surface area contributed by atoms with Crippen molar-refractivity contribution in [3.63, 3.8) is 0 Å². The zero-order valence-corrected chi connectivity index (χ0v) is 18.4. The number of anilines is 1. The first-order valence-corrected chi connectivity index (χ1v) is 10.7. The molecule has 0 atom stereocenters. The van der Waals surface area contributed by atoms with Crippen LogP contribution in [0.5, 0.6) is 0 Å². The van der Waals surface area contributed by atoms with Crippen molar-refractivity contribution in [1.29, 1.82) is 0 Å². The average Bonchev–Trinajstić information content (AvgIpc) is 3.45. The van der Waals surface area contributed by atoms with Crippen LogP contribution in [0.2, 0.25) is 0 Å². The van der Waals surface area contributed by atoms with E-state index >= 15 is 0 Å². The predicted molar refractivity (Wildman–Crippen MR) is 128 cm³/mol. The van der Waals surface area contributed by atoms with E-state index in [1.165, 1.54) is 29.2 Å². The van der Waals surface area contributed by atoms with Crippen molar-refractivity contribution in [3.8, 4) is 11.3 Å². The molecule has 5 aromatic rings. The molecule has 10 heteroatoms. The van der Waals surface area contributed by atoms with E-state index in [2.05, 4.69) is 15.5 Å². The zero-order valence-electron chi connectivity index (χ0n) is 18.4. The van der Waals surface area contributed by atoms with Gasteiger partial charge in [0.05, 0.1) is 41.3 Å². The van der Waals surface area contributed by atoms with Crippen molar-refractivity contribution in [2.45, 2.75) is 13.1 Å². The van der Waals surface area contributed by atoms with E-state index in [1.54, 1.807) is 29.1 Å². The lowest BCUT2D eigenvalue weighted by Gasteiger charge is -2.09. The van der Waals surface area contributed by atoms with E-state index in [9.17, 15) is 14.0 Å². The Balaban J connectivity index is 1.55. The van der Waals surface area contributed by atoms with Crippen LogP contribution in [0.4, 0.5) is 10.1 Å².